The maximum atomic E-state index is 10.7. The Labute approximate surface area is 85.4 Å². The lowest BCUT2D eigenvalue weighted by Gasteiger charge is -2.27. The van der Waals surface area contributed by atoms with Crippen LogP contribution < -0.4 is 0 Å². The van der Waals surface area contributed by atoms with Crippen molar-refractivity contribution >= 4 is 23.7 Å². The molecule has 3 N–H and O–H groups in total. The quantitative estimate of drug-likeness (QED) is 0.553. The van der Waals surface area contributed by atoms with Crippen LogP contribution in [0.2, 0.25) is 0 Å². The largest absolute Gasteiger partial charge is 0.481 e. The highest BCUT2D eigenvalue weighted by Gasteiger charge is 2.44. The van der Waals surface area contributed by atoms with Crippen LogP contribution in [0.1, 0.15) is 6.42 Å². The second-order valence-electron chi connectivity index (χ2n) is 2.69. The van der Waals surface area contributed by atoms with Crippen LogP contribution in [0.4, 0.5) is 0 Å². The molecule has 5 nitrogen and oxygen atoms in total. The van der Waals surface area contributed by atoms with Gasteiger partial charge in [-0.05, 0) is 6.26 Å². The molecule has 0 saturated carbocycles. The zero-order chi connectivity index (χ0) is 11.4. The van der Waals surface area contributed by atoms with Crippen molar-refractivity contribution in [3.8, 4) is 0 Å². The topological polar surface area (TPSA) is 94.8 Å². The van der Waals surface area contributed by atoms with Gasteiger partial charge in [-0.1, -0.05) is 6.08 Å². The average molecular weight is 220 g/mol. The van der Waals surface area contributed by atoms with Gasteiger partial charge in [-0.2, -0.15) is 11.8 Å². The number of carboxylic acid groups (broad SMARTS) is 2. The first-order chi connectivity index (χ1) is 6.38. The smallest absolute Gasteiger partial charge is 0.337 e. The molecule has 6 heteroatoms. The van der Waals surface area contributed by atoms with Crippen molar-refractivity contribution in [2.45, 2.75) is 17.3 Å². The van der Waals surface area contributed by atoms with Gasteiger partial charge in [0.2, 0.25) is 0 Å². The molecule has 0 saturated heterocycles. The van der Waals surface area contributed by atoms with Gasteiger partial charge < -0.3 is 15.3 Å². The van der Waals surface area contributed by atoms with Crippen LogP contribution >= 0.6 is 11.8 Å². The fourth-order valence-corrected chi connectivity index (χ4v) is 1.78. The molecule has 0 amide bonds. The van der Waals surface area contributed by atoms with E-state index in [4.69, 9.17) is 10.2 Å². The summed E-state index contributed by atoms with van der Waals surface area (Å²) in [6.07, 6.45) is 1.95. The molecule has 0 spiro atoms. The summed E-state index contributed by atoms with van der Waals surface area (Å²) >= 11 is 1.03. The first-order valence-electron chi connectivity index (χ1n) is 3.71. The fraction of sp³-hybridized carbons (Fsp3) is 0.500. The van der Waals surface area contributed by atoms with Gasteiger partial charge >= 0.3 is 11.9 Å². The van der Waals surface area contributed by atoms with Crippen LogP contribution in [0.3, 0.4) is 0 Å². The lowest BCUT2D eigenvalue weighted by atomic mass is 9.95. The SMILES string of the molecule is C=CC(SC)C(O)(CC(=O)O)C(=O)O. The minimum Gasteiger partial charge on any atom is -0.481 e. The van der Waals surface area contributed by atoms with Crippen LogP contribution in [-0.2, 0) is 9.59 Å². The molecule has 0 aliphatic rings. The highest BCUT2D eigenvalue weighted by molar-refractivity contribution is 7.99. The Morgan fingerprint density at radius 3 is 2.29 bits per heavy atom. The normalized spacial score (nSPS) is 16.7. The van der Waals surface area contributed by atoms with E-state index in [1.807, 2.05) is 0 Å². The number of rotatable bonds is 6. The van der Waals surface area contributed by atoms with Crippen molar-refractivity contribution in [3.63, 3.8) is 0 Å². The van der Waals surface area contributed by atoms with Crippen LogP contribution in [-0.4, -0.2) is 44.4 Å². The Morgan fingerprint density at radius 1 is 1.57 bits per heavy atom. The van der Waals surface area contributed by atoms with E-state index in [-0.39, 0.29) is 0 Å². The van der Waals surface area contributed by atoms with Crippen molar-refractivity contribution in [1.29, 1.82) is 0 Å². The van der Waals surface area contributed by atoms with Gasteiger partial charge in [-0.25, -0.2) is 4.79 Å². The van der Waals surface area contributed by atoms with Gasteiger partial charge in [0.1, 0.15) is 0 Å². The van der Waals surface area contributed by atoms with Gasteiger partial charge in [0.05, 0.1) is 11.7 Å². The summed E-state index contributed by atoms with van der Waals surface area (Å²) in [6, 6.07) is 0. The van der Waals surface area contributed by atoms with Crippen LogP contribution in [0.5, 0.6) is 0 Å². The number of hydrogen-bond donors (Lipinski definition) is 3. The first-order valence-corrected chi connectivity index (χ1v) is 5.00. The summed E-state index contributed by atoms with van der Waals surface area (Å²) in [4.78, 5) is 21.1. The van der Waals surface area contributed by atoms with Gasteiger partial charge in [-0.15, -0.1) is 6.58 Å². The Bertz CT molecular complexity index is 252. The molecular formula is C8H12O5S. The summed E-state index contributed by atoms with van der Waals surface area (Å²) in [5.74, 6) is -2.92. The van der Waals surface area contributed by atoms with E-state index in [1.54, 1.807) is 6.26 Å². The second-order valence-corrected chi connectivity index (χ2v) is 3.67. The number of hydrogen-bond acceptors (Lipinski definition) is 4. The highest BCUT2D eigenvalue weighted by atomic mass is 32.2. The third-order valence-corrected chi connectivity index (χ3v) is 2.82. The summed E-state index contributed by atoms with van der Waals surface area (Å²) in [5.41, 5.74) is -2.30. The minimum atomic E-state index is -2.30. The second kappa shape index (κ2) is 5.02. The molecule has 0 heterocycles. The van der Waals surface area contributed by atoms with E-state index in [2.05, 4.69) is 6.58 Å². The van der Waals surface area contributed by atoms with Gasteiger partial charge in [0.25, 0.3) is 0 Å². The summed E-state index contributed by atoms with van der Waals surface area (Å²) in [7, 11) is 0. The lowest BCUT2D eigenvalue weighted by Crippen LogP contribution is -2.48. The van der Waals surface area contributed by atoms with Gasteiger partial charge in [0, 0.05) is 0 Å². The summed E-state index contributed by atoms with van der Waals surface area (Å²) in [6.45, 7) is 3.35. The lowest BCUT2D eigenvalue weighted by molar-refractivity contribution is -0.164. The summed E-state index contributed by atoms with van der Waals surface area (Å²) in [5, 5.41) is 26.0. The molecular weight excluding hydrogens is 208 g/mol. The third-order valence-electron chi connectivity index (χ3n) is 1.73. The van der Waals surface area contributed by atoms with E-state index in [0.29, 0.717) is 0 Å². The molecule has 14 heavy (non-hydrogen) atoms. The molecule has 2 unspecified atom stereocenters. The molecule has 0 aromatic rings. The molecule has 0 aromatic carbocycles. The molecule has 0 aromatic heterocycles. The fourth-order valence-electron chi connectivity index (χ4n) is 1.01. The van der Waals surface area contributed by atoms with Crippen LogP contribution in [0, 0.1) is 0 Å². The van der Waals surface area contributed by atoms with Crippen LogP contribution in [0.25, 0.3) is 0 Å². The number of aliphatic hydroxyl groups is 1. The predicted molar refractivity (Wildman–Crippen MR) is 52.3 cm³/mol. The molecule has 80 valence electrons. The zero-order valence-corrected chi connectivity index (χ0v) is 8.45. The van der Waals surface area contributed by atoms with Crippen molar-refractivity contribution in [3.05, 3.63) is 12.7 Å². The third kappa shape index (κ3) is 2.74. The van der Waals surface area contributed by atoms with Crippen LogP contribution in [0.15, 0.2) is 12.7 Å². The van der Waals surface area contributed by atoms with E-state index in [1.165, 1.54) is 6.08 Å². The standard InChI is InChI=1S/C8H12O5S/c1-3-5(14-2)8(13,7(11)12)4-6(9)10/h3,5,13H,1,4H2,2H3,(H,9,10)(H,11,12). The Kier molecular flexibility index (Phi) is 4.65. The molecule has 0 rings (SSSR count). The number of carbonyl (C=O) groups is 2. The zero-order valence-electron chi connectivity index (χ0n) is 7.64. The van der Waals surface area contributed by atoms with Crippen molar-refractivity contribution in [1.82, 2.24) is 0 Å². The molecule has 0 bridgehead atoms. The number of aliphatic carboxylic acids is 2. The van der Waals surface area contributed by atoms with Crippen molar-refractivity contribution in [2.75, 3.05) is 6.26 Å². The maximum Gasteiger partial charge on any atom is 0.337 e. The minimum absolute atomic E-state index is 0.847. The number of thioether (sulfide) groups is 1. The molecule has 2 atom stereocenters. The van der Waals surface area contributed by atoms with E-state index < -0.39 is 29.2 Å². The first kappa shape index (κ1) is 13.0. The molecule has 0 aliphatic carbocycles. The monoisotopic (exact) mass is 220 g/mol. The average Bonchev–Trinajstić information content (AvgIpc) is 2.04. The van der Waals surface area contributed by atoms with Crippen molar-refractivity contribution in [2.24, 2.45) is 0 Å². The predicted octanol–water partition coefficient (Wildman–Crippen LogP) is 0.194. The molecule has 0 aliphatic heterocycles. The highest BCUT2D eigenvalue weighted by Crippen LogP contribution is 2.26. The Morgan fingerprint density at radius 2 is 2.07 bits per heavy atom. The maximum absolute atomic E-state index is 10.7. The van der Waals surface area contributed by atoms with E-state index in [0.717, 1.165) is 11.8 Å². The summed E-state index contributed by atoms with van der Waals surface area (Å²) < 4.78 is 0. The number of carboxylic acids is 2. The molecule has 0 radical (unpaired) electrons. The van der Waals surface area contributed by atoms with Gasteiger partial charge in [0.15, 0.2) is 5.60 Å². The Balaban J connectivity index is 4.95. The van der Waals surface area contributed by atoms with Crippen molar-refractivity contribution < 1.29 is 24.9 Å². The van der Waals surface area contributed by atoms with E-state index in [9.17, 15) is 14.7 Å². The molecule has 0 fully saturated rings. The Hall–Kier alpha value is -1.01. The van der Waals surface area contributed by atoms with E-state index >= 15 is 0 Å². The van der Waals surface area contributed by atoms with Gasteiger partial charge in [-0.3, -0.25) is 4.79 Å².